The number of pyridine rings is 2. The van der Waals surface area contributed by atoms with Crippen LogP contribution >= 0.6 is 15.9 Å². The fourth-order valence-electron chi connectivity index (χ4n) is 3.34. The number of benzene rings is 1. The van der Waals surface area contributed by atoms with Crippen molar-refractivity contribution >= 4 is 27.7 Å². The number of rotatable bonds is 7. The average Bonchev–Trinajstić information content (AvgIpc) is 3.32. The molecular formula is C23H20BrFN6O3. The van der Waals surface area contributed by atoms with Gasteiger partial charge in [0.1, 0.15) is 29.2 Å². The smallest absolute Gasteiger partial charge is 0.263 e. The Morgan fingerprint density at radius 3 is 2.79 bits per heavy atom. The highest BCUT2D eigenvalue weighted by atomic mass is 79.9. The van der Waals surface area contributed by atoms with Crippen LogP contribution in [-0.4, -0.2) is 41.9 Å². The van der Waals surface area contributed by atoms with E-state index < -0.39 is 17.3 Å². The van der Waals surface area contributed by atoms with E-state index in [1.807, 2.05) is 0 Å². The summed E-state index contributed by atoms with van der Waals surface area (Å²) in [5.74, 6) is -0.478. The van der Waals surface area contributed by atoms with E-state index in [2.05, 4.69) is 36.4 Å². The number of aromatic nitrogens is 5. The molecule has 3 heterocycles. The molecule has 1 atom stereocenters. The number of halogens is 2. The van der Waals surface area contributed by atoms with Gasteiger partial charge in [0, 0.05) is 16.2 Å². The zero-order valence-electron chi connectivity index (χ0n) is 18.0. The van der Waals surface area contributed by atoms with Crippen LogP contribution in [0, 0.1) is 5.82 Å². The lowest BCUT2D eigenvalue weighted by Crippen LogP contribution is -2.29. The maximum absolute atomic E-state index is 14.1. The summed E-state index contributed by atoms with van der Waals surface area (Å²) in [5, 5.41) is 20.0. The summed E-state index contributed by atoms with van der Waals surface area (Å²) in [7, 11) is 0. The first-order chi connectivity index (χ1) is 16.4. The van der Waals surface area contributed by atoms with E-state index >= 15 is 0 Å². The van der Waals surface area contributed by atoms with Gasteiger partial charge >= 0.3 is 0 Å². The number of hydrogen-bond donors (Lipinski definition) is 2. The highest BCUT2D eigenvalue weighted by Gasteiger charge is 2.18. The molecular weight excluding hydrogens is 507 g/mol. The van der Waals surface area contributed by atoms with Gasteiger partial charge in [-0.1, -0.05) is 24.3 Å². The molecule has 0 aliphatic rings. The van der Waals surface area contributed by atoms with Gasteiger partial charge in [-0.25, -0.2) is 9.37 Å². The molecule has 0 fully saturated rings. The van der Waals surface area contributed by atoms with Gasteiger partial charge in [0.05, 0.1) is 19.2 Å². The average molecular weight is 527 g/mol. The van der Waals surface area contributed by atoms with Gasteiger partial charge in [-0.05, 0) is 47.1 Å². The summed E-state index contributed by atoms with van der Waals surface area (Å²) in [4.78, 5) is 30.3. The monoisotopic (exact) mass is 526 g/mol. The Kier molecular flexibility index (Phi) is 6.94. The van der Waals surface area contributed by atoms with Gasteiger partial charge in [-0.2, -0.15) is 0 Å². The molecule has 0 bridgehead atoms. The lowest BCUT2D eigenvalue weighted by Gasteiger charge is -2.13. The van der Waals surface area contributed by atoms with Gasteiger partial charge in [-0.15, -0.1) is 10.2 Å². The van der Waals surface area contributed by atoms with Crippen LogP contribution in [0.4, 0.5) is 10.2 Å². The van der Waals surface area contributed by atoms with Crippen LogP contribution in [0.25, 0.3) is 11.5 Å². The van der Waals surface area contributed by atoms with Crippen LogP contribution < -0.4 is 10.9 Å². The van der Waals surface area contributed by atoms with Crippen LogP contribution in [0.2, 0.25) is 0 Å². The minimum atomic E-state index is -0.663. The molecule has 3 aromatic heterocycles. The van der Waals surface area contributed by atoms with Crippen molar-refractivity contribution in [3.05, 3.63) is 92.8 Å². The lowest BCUT2D eigenvalue weighted by molar-refractivity contribution is 0.102. The van der Waals surface area contributed by atoms with E-state index in [4.69, 9.17) is 0 Å². The Morgan fingerprint density at radius 1 is 1.24 bits per heavy atom. The topological polar surface area (TPSA) is 115 Å². The van der Waals surface area contributed by atoms with Crippen molar-refractivity contribution in [1.29, 1.82) is 0 Å². The number of amides is 1. The summed E-state index contributed by atoms with van der Waals surface area (Å²) in [6, 6.07) is 12.2. The number of hydrogen-bond acceptors (Lipinski definition) is 6. The zero-order chi connectivity index (χ0) is 24.2. The van der Waals surface area contributed by atoms with Crippen molar-refractivity contribution < 1.29 is 14.3 Å². The summed E-state index contributed by atoms with van der Waals surface area (Å²) in [6.07, 6.45) is 2.99. The number of aliphatic hydroxyl groups excluding tert-OH is 1. The third-order valence-electron chi connectivity index (χ3n) is 5.13. The number of aliphatic hydroxyl groups is 1. The lowest BCUT2D eigenvalue weighted by atomic mass is 10.2. The van der Waals surface area contributed by atoms with E-state index in [-0.39, 0.29) is 30.6 Å². The highest BCUT2D eigenvalue weighted by molar-refractivity contribution is 9.10. The Bertz CT molecular complexity index is 1400. The Labute approximate surface area is 202 Å². The van der Waals surface area contributed by atoms with Gasteiger partial charge in [-0.3, -0.25) is 9.59 Å². The van der Waals surface area contributed by atoms with Crippen molar-refractivity contribution in [1.82, 2.24) is 24.3 Å². The predicted octanol–water partition coefficient (Wildman–Crippen LogP) is 3.26. The fraction of sp³-hybridized carbons (Fsp3) is 0.174. The third kappa shape index (κ3) is 4.95. The van der Waals surface area contributed by atoms with Crippen LogP contribution in [0.1, 0.15) is 28.9 Å². The van der Waals surface area contributed by atoms with Gasteiger partial charge in [0.15, 0.2) is 5.82 Å². The molecule has 0 saturated carbocycles. The summed E-state index contributed by atoms with van der Waals surface area (Å²) in [5.41, 5.74) is 0.0538. The number of anilines is 1. The third-order valence-corrected chi connectivity index (χ3v) is 5.56. The largest absolute Gasteiger partial charge is 0.394 e. The Balaban J connectivity index is 1.61. The molecule has 4 aromatic rings. The van der Waals surface area contributed by atoms with Crippen LogP contribution in [0.15, 0.2) is 70.3 Å². The van der Waals surface area contributed by atoms with E-state index in [1.165, 1.54) is 29.2 Å². The first-order valence-corrected chi connectivity index (χ1v) is 11.1. The molecule has 4 rings (SSSR count). The Morgan fingerprint density at radius 2 is 2.03 bits per heavy atom. The van der Waals surface area contributed by atoms with Gasteiger partial charge < -0.3 is 19.6 Å². The fourth-order valence-corrected chi connectivity index (χ4v) is 3.81. The number of nitrogens with one attached hydrogen (secondary N) is 1. The molecule has 34 heavy (non-hydrogen) atoms. The quantitative estimate of drug-likeness (QED) is 0.382. The number of carbonyl (C=O) groups is 1. The van der Waals surface area contributed by atoms with Crippen molar-refractivity contribution in [3.8, 4) is 11.5 Å². The molecule has 174 valence electrons. The second-order valence-corrected chi connectivity index (χ2v) is 8.47. The maximum Gasteiger partial charge on any atom is 0.263 e. The maximum atomic E-state index is 14.1. The second kappa shape index (κ2) is 10.1. The molecule has 1 unspecified atom stereocenters. The van der Waals surface area contributed by atoms with Gasteiger partial charge in [0.2, 0.25) is 0 Å². The molecule has 9 nitrogen and oxygen atoms in total. The van der Waals surface area contributed by atoms with Crippen molar-refractivity contribution in [2.75, 3.05) is 11.9 Å². The highest BCUT2D eigenvalue weighted by Crippen LogP contribution is 2.20. The van der Waals surface area contributed by atoms with Crippen molar-refractivity contribution in [2.45, 2.75) is 19.5 Å². The van der Waals surface area contributed by atoms with Crippen molar-refractivity contribution in [2.24, 2.45) is 0 Å². The normalized spacial score (nSPS) is 11.9. The van der Waals surface area contributed by atoms with Crippen LogP contribution in [-0.2, 0) is 6.54 Å². The summed E-state index contributed by atoms with van der Waals surface area (Å²) < 4.78 is 17.5. The zero-order valence-corrected chi connectivity index (χ0v) is 19.6. The van der Waals surface area contributed by atoms with Crippen LogP contribution in [0.5, 0.6) is 0 Å². The van der Waals surface area contributed by atoms with E-state index in [0.29, 0.717) is 21.6 Å². The SMILES string of the molecule is CC(CO)n1cnnc1-c1cccc(NC(=O)c2cc(Br)cn(Cc3ccccc3F)c2=O)n1. The number of carbonyl (C=O) groups excluding carboxylic acids is 1. The number of nitrogens with zero attached hydrogens (tertiary/aromatic N) is 5. The minimum Gasteiger partial charge on any atom is -0.394 e. The minimum absolute atomic E-state index is 0.0301. The second-order valence-electron chi connectivity index (χ2n) is 7.55. The van der Waals surface area contributed by atoms with Crippen LogP contribution in [0.3, 0.4) is 0 Å². The van der Waals surface area contributed by atoms with Crippen molar-refractivity contribution in [3.63, 3.8) is 0 Å². The summed E-state index contributed by atoms with van der Waals surface area (Å²) in [6.45, 7) is 1.67. The summed E-state index contributed by atoms with van der Waals surface area (Å²) >= 11 is 3.31. The van der Waals surface area contributed by atoms with E-state index in [0.717, 1.165) is 0 Å². The molecule has 0 radical (unpaired) electrons. The molecule has 1 amide bonds. The molecule has 0 spiro atoms. The van der Waals surface area contributed by atoms with E-state index in [1.54, 1.807) is 47.9 Å². The molecule has 0 aliphatic heterocycles. The standard InChI is InChI=1S/C23H20BrFN6O3/c1-14(12-32)31-13-26-29-21(31)19-7-4-8-20(27-19)28-22(33)17-9-16(24)11-30(23(17)34)10-15-5-2-3-6-18(15)25/h2-9,11,13-14,32H,10,12H2,1H3,(H,27,28,33). The Hall–Kier alpha value is -3.70. The molecule has 11 heteroatoms. The van der Waals surface area contributed by atoms with Gasteiger partial charge in [0.25, 0.3) is 11.5 Å². The van der Waals surface area contributed by atoms with E-state index in [9.17, 15) is 19.1 Å². The molecule has 0 aliphatic carbocycles. The first kappa shape index (κ1) is 23.5. The first-order valence-electron chi connectivity index (χ1n) is 10.3. The predicted molar refractivity (Wildman–Crippen MR) is 127 cm³/mol. The molecule has 1 aromatic carbocycles. The molecule has 0 saturated heterocycles. The molecule has 2 N–H and O–H groups in total.